The molecule has 2 atom stereocenters. The fraction of sp³-hybridized carbons (Fsp3) is 0.422. The predicted octanol–water partition coefficient (Wildman–Crippen LogP) is 6.44. The van der Waals surface area contributed by atoms with Crippen molar-refractivity contribution in [3.05, 3.63) is 82.7 Å². The van der Waals surface area contributed by atoms with Crippen molar-refractivity contribution in [2.24, 2.45) is 0 Å². The molecule has 5 heterocycles. The van der Waals surface area contributed by atoms with Crippen LogP contribution in [0, 0.1) is 0 Å². The highest BCUT2D eigenvalue weighted by Crippen LogP contribution is 2.42. The van der Waals surface area contributed by atoms with E-state index in [4.69, 9.17) is 9.72 Å². The van der Waals surface area contributed by atoms with Gasteiger partial charge in [0, 0.05) is 93.8 Å². The van der Waals surface area contributed by atoms with E-state index in [1.165, 1.54) is 16.9 Å². The first-order valence-corrected chi connectivity index (χ1v) is 24.8. The fourth-order valence-electron chi connectivity index (χ4n) is 8.86. The van der Waals surface area contributed by atoms with E-state index in [0.29, 0.717) is 68.9 Å². The molecular weight excluding hydrogens is 869 g/mol. The number of nitrogens with zero attached hydrogens (tertiary/aromatic N) is 6. The van der Waals surface area contributed by atoms with Gasteiger partial charge >= 0.3 is 0 Å². The van der Waals surface area contributed by atoms with Crippen molar-refractivity contribution in [3.8, 4) is 5.75 Å². The number of rotatable bonds is 15. The molecule has 2 unspecified atom stereocenters. The van der Waals surface area contributed by atoms with E-state index >= 15 is 0 Å². The third-order valence-corrected chi connectivity index (χ3v) is 14.2. The molecule has 62 heavy (non-hydrogen) atoms. The quantitative estimate of drug-likeness (QED) is 0.0441. The maximum atomic E-state index is 13.5. The normalized spacial score (nSPS) is 18.6. The van der Waals surface area contributed by atoms with Crippen LogP contribution in [0.4, 0.5) is 34.5 Å². The van der Waals surface area contributed by atoms with Gasteiger partial charge in [-0.05, 0) is 103 Å². The van der Waals surface area contributed by atoms with Crippen LogP contribution in [0.15, 0.2) is 71.6 Å². The number of hydrogen-bond acceptors (Lipinski definition) is 14. The molecule has 17 heteroatoms. The van der Waals surface area contributed by atoms with Gasteiger partial charge < -0.3 is 40.4 Å². The lowest BCUT2D eigenvalue weighted by molar-refractivity contribution is -0.134. The van der Waals surface area contributed by atoms with Crippen LogP contribution in [-0.4, -0.2) is 104 Å². The fourth-order valence-corrected chi connectivity index (χ4v) is 10.5. The minimum atomic E-state index is -2.77. The first kappa shape index (κ1) is 43.5. The number of halogens is 1. The van der Waals surface area contributed by atoms with Crippen LogP contribution in [0.5, 0.6) is 5.75 Å². The summed E-state index contributed by atoms with van der Waals surface area (Å²) in [6.45, 7) is 11.3. The van der Waals surface area contributed by atoms with Crippen molar-refractivity contribution in [2.45, 2.75) is 63.5 Å². The number of hydrogen-bond donors (Lipinski definition) is 5. The zero-order valence-corrected chi connectivity index (χ0v) is 38.2. The number of nitrogens with one attached hydrogen (secondary N) is 5. The smallest absolute Gasteiger partial charge is 0.234 e. The molecular formula is C45H55BrN11O4P. The highest BCUT2D eigenvalue weighted by molar-refractivity contribution is 9.10. The highest BCUT2D eigenvalue weighted by Gasteiger charge is 2.29. The lowest BCUT2D eigenvalue weighted by Gasteiger charge is -2.35. The van der Waals surface area contributed by atoms with Crippen LogP contribution in [0.3, 0.4) is 0 Å². The molecule has 15 nitrogen and oxygen atoms in total. The Bertz CT molecular complexity index is 2480. The first-order chi connectivity index (χ1) is 30.0. The van der Waals surface area contributed by atoms with Crippen molar-refractivity contribution in [3.63, 3.8) is 0 Å². The number of benzene rings is 3. The number of anilines is 6. The topological polar surface area (TPSA) is 179 Å². The van der Waals surface area contributed by atoms with Gasteiger partial charge in [0.05, 0.1) is 39.7 Å². The average Bonchev–Trinajstić information content (AvgIpc) is 3.75. The van der Waals surface area contributed by atoms with Crippen LogP contribution >= 0.6 is 23.1 Å². The summed E-state index contributed by atoms with van der Waals surface area (Å²) in [5.41, 5.74) is 7.22. The second-order valence-electron chi connectivity index (χ2n) is 16.6. The Labute approximate surface area is 371 Å². The summed E-state index contributed by atoms with van der Waals surface area (Å²) in [7, 11) is -1.09. The Morgan fingerprint density at radius 2 is 1.60 bits per heavy atom. The van der Waals surface area contributed by atoms with Gasteiger partial charge in [-0.25, -0.2) is 4.98 Å². The van der Waals surface area contributed by atoms with Crippen molar-refractivity contribution < 1.29 is 18.9 Å². The van der Waals surface area contributed by atoms with E-state index in [9.17, 15) is 14.2 Å². The van der Waals surface area contributed by atoms with Gasteiger partial charge in [-0.1, -0.05) is 19.1 Å². The molecule has 2 aromatic heterocycles. The number of aromatic nitrogens is 4. The number of imide groups is 1. The van der Waals surface area contributed by atoms with E-state index in [1.54, 1.807) is 39.0 Å². The lowest BCUT2D eigenvalue weighted by atomic mass is 9.90. The molecule has 2 amide bonds. The van der Waals surface area contributed by atoms with Gasteiger partial charge in [-0.15, -0.1) is 0 Å². The summed E-state index contributed by atoms with van der Waals surface area (Å²) >= 11 is 3.59. The van der Waals surface area contributed by atoms with Gasteiger partial charge in [-0.3, -0.25) is 24.9 Å². The second kappa shape index (κ2) is 19.1. The number of fused-ring (bicyclic) bond motifs is 1. The standard InChI is InChI=1S/C45H55BrN11O4P/c1-5-28-24-37(53-45-51-26-34(46)43(55-45)52-36-12-11-35-41(50-20-19-49-35)42(36)62(3,4)60)39(61-2)25-38(28)56-21-14-30(15-22-56)47-17-18-48-31-16-23-57(27-31)32-8-6-29(7-9-32)33-10-13-40(58)54-44(33)59/h6-9,11-12,19-20,24-26,30-31,33,47-48H,5,10,13-18,21-23,27H2,1-4H3,(H,54,58,59)(H2,51,52,53,55). The molecule has 8 rings (SSSR count). The number of aryl methyl sites for hydroxylation is 1. The molecule has 0 radical (unpaired) electrons. The van der Waals surface area contributed by atoms with Gasteiger partial charge in [-0.2, -0.15) is 4.98 Å². The summed E-state index contributed by atoms with van der Waals surface area (Å²) in [5, 5.41) is 17.4. The van der Waals surface area contributed by atoms with Gasteiger partial charge in [0.15, 0.2) is 0 Å². The zero-order valence-electron chi connectivity index (χ0n) is 35.7. The monoisotopic (exact) mass is 923 g/mol. The van der Waals surface area contributed by atoms with Crippen LogP contribution in [0.25, 0.3) is 11.0 Å². The average molecular weight is 925 g/mol. The number of piperidine rings is 2. The molecule has 0 bridgehead atoms. The van der Waals surface area contributed by atoms with Gasteiger partial charge in [0.2, 0.25) is 17.8 Å². The molecule has 3 aliphatic rings. The number of carbonyl (C=O) groups is 2. The molecule has 5 N–H and O–H groups in total. The van der Waals surface area contributed by atoms with E-state index in [2.05, 4.69) is 98.5 Å². The number of carbonyl (C=O) groups excluding carboxylic acids is 2. The molecule has 0 aliphatic carbocycles. The van der Waals surface area contributed by atoms with E-state index in [1.807, 2.05) is 24.3 Å². The Morgan fingerprint density at radius 1 is 0.871 bits per heavy atom. The summed E-state index contributed by atoms with van der Waals surface area (Å²) in [6, 6.07) is 17.1. The van der Waals surface area contributed by atoms with Crippen molar-refractivity contribution in [1.82, 2.24) is 35.9 Å². The molecule has 3 fully saturated rings. The van der Waals surface area contributed by atoms with Crippen LogP contribution in [0.2, 0.25) is 0 Å². The van der Waals surface area contributed by atoms with Gasteiger partial charge in [0.25, 0.3) is 0 Å². The number of ether oxygens (including phenoxy) is 1. The number of amides is 2. The zero-order chi connectivity index (χ0) is 43.4. The van der Waals surface area contributed by atoms with Gasteiger partial charge in [0.1, 0.15) is 24.2 Å². The van der Waals surface area contributed by atoms with Crippen molar-refractivity contribution >= 4 is 85.7 Å². The minimum Gasteiger partial charge on any atom is -0.494 e. The SMILES string of the molecule is CCc1cc(Nc2ncc(Br)c(Nc3ccc4nccnc4c3P(C)(C)=O)n2)c(OC)cc1N1CCC(NCCNC2CCN(c3ccc(C4CCC(=O)NC4=O)cc3)C2)CC1. The third kappa shape index (κ3) is 9.88. The molecule has 326 valence electrons. The molecule has 0 saturated carbocycles. The first-order valence-electron chi connectivity index (χ1n) is 21.4. The van der Waals surface area contributed by atoms with Crippen molar-refractivity contribution in [2.75, 3.05) is 80.1 Å². The minimum absolute atomic E-state index is 0.184. The number of methoxy groups -OCH3 is 1. The van der Waals surface area contributed by atoms with E-state index in [0.717, 1.165) is 76.2 Å². The maximum Gasteiger partial charge on any atom is 0.234 e. The molecule has 3 aliphatic heterocycles. The van der Waals surface area contributed by atoms with E-state index in [-0.39, 0.29) is 17.7 Å². The van der Waals surface area contributed by atoms with Crippen LogP contribution in [0.1, 0.15) is 56.1 Å². The Morgan fingerprint density at radius 3 is 2.32 bits per heavy atom. The Balaban J connectivity index is 0.829. The largest absolute Gasteiger partial charge is 0.494 e. The van der Waals surface area contributed by atoms with Crippen LogP contribution < -0.4 is 46.4 Å². The van der Waals surface area contributed by atoms with E-state index < -0.39 is 7.14 Å². The molecule has 3 aromatic carbocycles. The summed E-state index contributed by atoms with van der Waals surface area (Å²) in [4.78, 5) is 47.0. The highest BCUT2D eigenvalue weighted by atomic mass is 79.9. The predicted molar refractivity (Wildman–Crippen MR) is 251 cm³/mol. The molecule has 5 aromatic rings. The lowest BCUT2D eigenvalue weighted by Crippen LogP contribution is -2.45. The Hall–Kier alpha value is -5.15. The molecule has 0 spiro atoms. The van der Waals surface area contributed by atoms with Crippen molar-refractivity contribution in [1.29, 1.82) is 0 Å². The summed E-state index contributed by atoms with van der Waals surface area (Å²) in [5.74, 6) is 0.963. The maximum absolute atomic E-state index is 13.5. The Kier molecular flexibility index (Phi) is 13.4. The van der Waals surface area contributed by atoms with Crippen LogP contribution in [-0.2, 0) is 20.6 Å². The molecule has 3 saturated heterocycles. The summed E-state index contributed by atoms with van der Waals surface area (Å²) < 4.78 is 20.1. The third-order valence-electron chi connectivity index (χ3n) is 12.1. The summed E-state index contributed by atoms with van der Waals surface area (Å²) in [6.07, 6.45) is 9.92. The second-order valence-corrected chi connectivity index (χ2v) is 20.6.